The third kappa shape index (κ3) is 1.65. The highest BCUT2D eigenvalue weighted by Gasteiger charge is 2.50. The Kier molecular flexibility index (Phi) is 2.40. The molecule has 1 saturated carbocycles. The maximum Gasteiger partial charge on any atom is 0.142 e. The summed E-state index contributed by atoms with van der Waals surface area (Å²) in [6, 6.07) is 11.1. The molecule has 1 aromatic rings. The highest BCUT2D eigenvalue weighted by atomic mass is 16.6. The van der Waals surface area contributed by atoms with E-state index in [1.807, 2.05) is 18.2 Å². The summed E-state index contributed by atoms with van der Waals surface area (Å²) in [4.78, 5) is 8.20. The van der Waals surface area contributed by atoms with Crippen LogP contribution in [0, 0.1) is 11.8 Å². The molecule has 4 fully saturated rings. The van der Waals surface area contributed by atoms with Crippen LogP contribution in [0.1, 0.15) is 18.4 Å². The predicted octanol–water partition coefficient (Wildman–Crippen LogP) is 2.28. The first kappa shape index (κ1) is 10.6. The molecule has 1 aliphatic carbocycles. The molecule has 3 aliphatic heterocycles. The summed E-state index contributed by atoms with van der Waals surface area (Å²) in [6.07, 6.45) is 2.62. The van der Waals surface area contributed by atoms with E-state index in [4.69, 9.17) is 4.84 Å². The molecule has 0 spiro atoms. The molecule has 2 atom stereocenters. The third-order valence-electron chi connectivity index (χ3n) is 4.62. The second kappa shape index (κ2) is 4.09. The average Bonchev–Trinajstić information content (AvgIpc) is 2.87. The number of oxime groups is 1. The van der Waals surface area contributed by atoms with Crippen molar-refractivity contribution < 1.29 is 4.84 Å². The average molecular weight is 242 g/mol. The van der Waals surface area contributed by atoms with Gasteiger partial charge in [0.25, 0.3) is 0 Å². The van der Waals surface area contributed by atoms with Gasteiger partial charge in [0.1, 0.15) is 6.61 Å². The number of hydrogen-bond donors (Lipinski definition) is 0. The van der Waals surface area contributed by atoms with Gasteiger partial charge in [0.2, 0.25) is 0 Å². The number of hydrogen-bond acceptors (Lipinski definition) is 3. The van der Waals surface area contributed by atoms with Crippen molar-refractivity contribution >= 4 is 5.71 Å². The van der Waals surface area contributed by atoms with E-state index in [9.17, 15) is 0 Å². The van der Waals surface area contributed by atoms with Gasteiger partial charge < -0.3 is 4.84 Å². The summed E-state index contributed by atoms with van der Waals surface area (Å²) < 4.78 is 0. The number of piperidine rings is 1. The maximum absolute atomic E-state index is 5.57. The number of nitrogens with zero attached hydrogens (tertiary/aromatic N) is 2. The molecule has 94 valence electrons. The smallest absolute Gasteiger partial charge is 0.142 e. The van der Waals surface area contributed by atoms with E-state index in [2.05, 4.69) is 22.2 Å². The first-order valence-corrected chi connectivity index (χ1v) is 6.88. The Morgan fingerprint density at radius 1 is 1.11 bits per heavy atom. The molecule has 4 aliphatic rings. The molecular formula is C15H18N2O. The van der Waals surface area contributed by atoms with Crippen molar-refractivity contribution in [1.82, 2.24) is 4.90 Å². The molecule has 0 aromatic heterocycles. The van der Waals surface area contributed by atoms with E-state index in [1.54, 1.807) is 0 Å². The maximum atomic E-state index is 5.57. The van der Waals surface area contributed by atoms with Crippen molar-refractivity contribution in [3.63, 3.8) is 0 Å². The predicted molar refractivity (Wildman–Crippen MR) is 70.2 cm³/mol. The Morgan fingerprint density at radius 3 is 2.50 bits per heavy atom. The van der Waals surface area contributed by atoms with E-state index in [0.717, 1.165) is 6.04 Å². The molecule has 0 N–H and O–H groups in total. The van der Waals surface area contributed by atoms with Crippen LogP contribution in [-0.4, -0.2) is 29.7 Å². The van der Waals surface area contributed by atoms with Crippen molar-refractivity contribution in [2.45, 2.75) is 25.5 Å². The lowest BCUT2D eigenvalue weighted by molar-refractivity contribution is 0.125. The minimum absolute atomic E-state index is 0.594. The Balaban J connectivity index is 1.43. The van der Waals surface area contributed by atoms with E-state index < -0.39 is 0 Å². The van der Waals surface area contributed by atoms with Gasteiger partial charge in [-0.3, -0.25) is 4.90 Å². The first-order valence-electron chi connectivity index (χ1n) is 6.88. The largest absolute Gasteiger partial charge is 0.391 e. The quantitative estimate of drug-likeness (QED) is 0.760. The van der Waals surface area contributed by atoms with Crippen LogP contribution in [0.15, 0.2) is 35.5 Å². The molecule has 3 heterocycles. The molecule has 0 radical (unpaired) electrons. The molecule has 2 unspecified atom stereocenters. The summed E-state index contributed by atoms with van der Waals surface area (Å²) >= 11 is 0. The van der Waals surface area contributed by atoms with Crippen LogP contribution in [-0.2, 0) is 11.4 Å². The number of rotatable bonds is 3. The normalized spacial score (nSPS) is 36.1. The summed E-state index contributed by atoms with van der Waals surface area (Å²) in [7, 11) is 0. The Morgan fingerprint density at radius 2 is 1.83 bits per heavy atom. The monoisotopic (exact) mass is 242 g/mol. The van der Waals surface area contributed by atoms with Crippen molar-refractivity contribution in [3.05, 3.63) is 35.9 Å². The topological polar surface area (TPSA) is 24.8 Å². The first-order chi connectivity index (χ1) is 8.90. The highest BCUT2D eigenvalue weighted by Crippen LogP contribution is 2.43. The Labute approximate surface area is 107 Å². The Hall–Kier alpha value is -1.35. The van der Waals surface area contributed by atoms with Gasteiger partial charge >= 0.3 is 0 Å². The SMILES string of the molecule is c1ccc(CON=C2C3CC4CC2CN4C3)cc1. The van der Waals surface area contributed by atoms with Crippen molar-refractivity contribution in [3.8, 4) is 0 Å². The summed E-state index contributed by atoms with van der Waals surface area (Å²) in [6.45, 7) is 3.03. The van der Waals surface area contributed by atoms with Gasteiger partial charge in [-0.2, -0.15) is 0 Å². The van der Waals surface area contributed by atoms with Crippen molar-refractivity contribution in [2.75, 3.05) is 13.1 Å². The lowest BCUT2D eigenvalue weighted by atomic mass is 9.81. The lowest BCUT2D eigenvalue weighted by Gasteiger charge is -2.26. The van der Waals surface area contributed by atoms with Crippen LogP contribution >= 0.6 is 0 Å². The second-order valence-electron chi connectivity index (χ2n) is 5.75. The minimum atomic E-state index is 0.594. The zero-order valence-corrected chi connectivity index (χ0v) is 10.5. The van der Waals surface area contributed by atoms with Gasteiger partial charge in [0, 0.05) is 31.0 Å². The standard InChI is InChI=1S/C15H18N2O/c1-2-4-11(5-3-1)10-18-16-15-12-6-14-7-13(15)9-17(14)8-12/h1-5,12-14H,6-10H2. The van der Waals surface area contributed by atoms with Crippen LogP contribution < -0.4 is 0 Å². The fraction of sp³-hybridized carbons (Fsp3) is 0.533. The van der Waals surface area contributed by atoms with Crippen LogP contribution in [0.2, 0.25) is 0 Å². The van der Waals surface area contributed by atoms with Crippen molar-refractivity contribution in [1.29, 1.82) is 0 Å². The van der Waals surface area contributed by atoms with Gasteiger partial charge in [-0.1, -0.05) is 35.5 Å². The van der Waals surface area contributed by atoms with Gasteiger partial charge in [-0.05, 0) is 18.4 Å². The van der Waals surface area contributed by atoms with Crippen LogP contribution in [0.3, 0.4) is 0 Å². The van der Waals surface area contributed by atoms with Gasteiger partial charge in [-0.25, -0.2) is 0 Å². The van der Waals surface area contributed by atoms with Gasteiger partial charge in [-0.15, -0.1) is 0 Å². The van der Waals surface area contributed by atoms with Crippen LogP contribution in [0.4, 0.5) is 0 Å². The molecule has 1 aromatic carbocycles. The lowest BCUT2D eigenvalue weighted by Crippen LogP contribution is -2.35. The van der Waals surface area contributed by atoms with Gasteiger partial charge in [0.05, 0.1) is 5.71 Å². The minimum Gasteiger partial charge on any atom is -0.391 e. The zero-order chi connectivity index (χ0) is 11.9. The molecule has 3 nitrogen and oxygen atoms in total. The Bertz CT molecular complexity index is 439. The third-order valence-corrected chi connectivity index (χ3v) is 4.62. The van der Waals surface area contributed by atoms with Crippen molar-refractivity contribution in [2.24, 2.45) is 17.0 Å². The molecule has 3 heteroatoms. The van der Waals surface area contributed by atoms with E-state index in [-0.39, 0.29) is 0 Å². The van der Waals surface area contributed by atoms with Crippen LogP contribution in [0.25, 0.3) is 0 Å². The number of benzene rings is 1. The van der Waals surface area contributed by atoms with E-state index in [1.165, 1.54) is 37.2 Å². The van der Waals surface area contributed by atoms with E-state index in [0.29, 0.717) is 18.4 Å². The molecule has 5 rings (SSSR count). The van der Waals surface area contributed by atoms with Crippen LogP contribution in [0.5, 0.6) is 0 Å². The highest BCUT2D eigenvalue weighted by molar-refractivity contribution is 5.91. The summed E-state index contributed by atoms with van der Waals surface area (Å²) in [5.74, 6) is 1.36. The summed E-state index contributed by atoms with van der Waals surface area (Å²) in [5.41, 5.74) is 2.54. The zero-order valence-electron chi connectivity index (χ0n) is 10.5. The molecule has 18 heavy (non-hydrogen) atoms. The molecular weight excluding hydrogens is 224 g/mol. The molecule has 0 amide bonds. The molecule has 4 bridgehead atoms. The second-order valence-corrected chi connectivity index (χ2v) is 5.75. The van der Waals surface area contributed by atoms with E-state index >= 15 is 0 Å². The summed E-state index contributed by atoms with van der Waals surface area (Å²) in [5, 5.41) is 4.47. The molecule has 3 saturated heterocycles. The fourth-order valence-corrected chi connectivity index (χ4v) is 3.81. The fourth-order valence-electron chi connectivity index (χ4n) is 3.81. The van der Waals surface area contributed by atoms with Gasteiger partial charge in [0.15, 0.2) is 0 Å².